The van der Waals surface area contributed by atoms with Crippen molar-refractivity contribution in [1.82, 2.24) is 9.80 Å². The van der Waals surface area contributed by atoms with Crippen LogP contribution in [0.2, 0.25) is 0 Å². The Morgan fingerprint density at radius 2 is 2.00 bits per heavy atom. The van der Waals surface area contributed by atoms with Gasteiger partial charge in [-0.1, -0.05) is 13.8 Å². The minimum absolute atomic E-state index is 0.00811. The van der Waals surface area contributed by atoms with Gasteiger partial charge >= 0.3 is 0 Å². The molecule has 1 aliphatic rings. The number of nitrogens with zero attached hydrogens (tertiary/aromatic N) is 2. The van der Waals surface area contributed by atoms with E-state index in [0.29, 0.717) is 13.1 Å². The van der Waals surface area contributed by atoms with Gasteiger partial charge in [-0.3, -0.25) is 9.69 Å². The number of rotatable bonds is 6. The molecule has 0 aromatic rings. The maximum atomic E-state index is 11.9. The lowest BCUT2D eigenvalue weighted by Crippen LogP contribution is -2.44. The standard InChI is InChI=1S/C12H24N2O3/c1-11(2)12(16)14(5-8-15)4-3-13-6-9-17-10-7-13/h11,15H,3-10H2,1-2H3. The van der Waals surface area contributed by atoms with Crippen LogP contribution in [-0.4, -0.2) is 73.4 Å². The van der Waals surface area contributed by atoms with E-state index in [9.17, 15) is 4.79 Å². The topological polar surface area (TPSA) is 53.0 Å². The Morgan fingerprint density at radius 3 is 2.53 bits per heavy atom. The summed E-state index contributed by atoms with van der Waals surface area (Å²) in [7, 11) is 0. The van der Waals surface area contributed by atoms with Crippen LogP contribution in [0.25, 0.3) is 0 Å². The van der Waals surface area contributed by atoms with E-state index in [1.165, 1.54) is 0 Å². The summed E-state index contributed by atoms with van der Waals surface area (Å²) in [6, 6.07) is 0. The van der Waals surface area contributed by atoms with Crippen molar-refractivity contribution in [3.63, 3.8) is 0 Å². The molecule has 0 saturated carbocycles. The van der Waals surface area contributed by atoms with Crippen molar-refractivity contribution in [3.05, 3.63) is 0 Å². The van der Waals surface area contributed by atoms with E-state index in [2.05, 4.69) is 4.90 Å². The molecule has 1 heterocycles. The maximum absolute atomic E-state index is 11.9. The number of ether oxygens (including phenoxy) is 1. The number of aliphatic hydroxyl groups excluding tert-OH is 1. The fourth-order valence-electron chi connectivity index (χ4n) is 1.90. The molecule has 1 N–H and O–H groups in total. The van der Waals surface area contributed by atoms with Gasteiger partial charge in [0.05, 0.1) is 19.8 Å². The second-order valence-electron chi connectivity index (χ2n) is 4.66. The predicted octanol–water partition coefficient (Wildman–Crippen LogP) is -0.204. The van der Waals surface area contributed by atoms with Gasteiger partial charge in [-0.25, -0.2) is 0 Å². The van der Waals surface area contributed by atoms with Gasteiger partial charge in [0, 0.05) is 38.6 Å². The SMILES string of the molecule is CC(C)C(=O)N(CCO)CCN1CCOCC1. The van der Waals surface area contributed by atoms with E-state index in [-0.39, 0.29) is 18.4 Å². The highest BCUT2D eigenvalue weighted by Crippen LogP contribution is 2.03. The fourth-order valence-corrected chi connectivity index (χ4v) is 1.90. The molecule has 5 nitrogen and oxygen atoms in total. The molecule has 5 heteroatoms. The average Bonchev–Trinajstić information content (AvgIpc) is 2.34. The molecule has 0 atom stereocenters. The number of aliphatic hydroxyl groups is 1. The lowest BCUT2D eigenvalue weighted by molar-refractivity contribution is -0.135. The van der Waals surface area contributed by atoms with Crippen molar-refractivity contribution in [1.29, 1.82) is 0 Å². The number of morpholine rings is 1. The summed E-state index contributed by atoms with van der Waals surface area (Å²) >= 11 is 0. The minimum Gasteiger partial charge on any atom is -0.395 e. The molecule has 0 spiro atoms. The van der Waals surface area contributed by atoms with Crippen molar-refractivity contribution in [2.45, 2.75) is 13.8 Å². The summed E-state index contributed by atoms with van der Waals surface area (Å²) in [4.78, 5) is 15.9. The third kappa shape index (κ3) is 5.02. The highest BCUT2D eigenvalue weighted by atomic mass is 16.5. The maximum Gasteiger partial charge on any atom is 0.225 e. The molecule has 0 radical (unpaired) electrons. The van der Waals surface area contributed by atoms with Crippen LogP contribution in [0.3, 0.4) is 0 Å². The Hall–Kier alpha value is -0.650. The van der Waals surface area contributed by atoms with Crippen molar-refractivity contribution >= 4 is 5.91 Å². The van der Waals surface area contributed by atoms with Crippen LogP contribution in [0.5, 0.6) is 0 Å². The van der Waals surface area contributed by atoms with E-state index in [1.54, 1.807) is 4.90 Å². The van der Waals surface area contributed by atoms with Crippen LogP contribution in [0.15, 0.2) is 0 Å². The Labute approximate surface area is 103 Å². The Kier molecular flexibility index (Phi) is 6.47. The second-order valence-corrected chi connectivity index (χ2v) is 4.66. The second kappa shape index (κ2) is 7.63. The van der Waals surface area contributed by atoms with Crippen molar-refractivity contribution < 1.29 is 14.6 Å². The van der Waals surface area contributed by atoms with E-state index in [1.807, 2.05) is 13.8 Å². The zero-order valence-electron chi connectivity index (χ0n) is 10.9. The van der Waals surface area contributed by atoms with Crippen molar-refractivity contribution in [2.24, 2.45) is 5.92 Å². The summed E-state index contributed by atoms with van der Waals surface area (Å²) in [6.07, 6.45) is 0. The van der Waals surface area contributed by atoms with E-state index < -0.39 is 0 Å². The largest absolute Gasteiger partial charge is 0.395 e. The van der Waals surface area contributed by atoms with Gasteiger partial charge in [0.1, 0.15) is 0 Å². The highest BCUT2D eigenvalue weighted by molar-refractivity contribution is 5.78. The van der Waals surface area contributed by atoms with Crippen molar-refractivity contribution in [3.8, 4) is 0 Å². The number of hydrogen-bond donors (Lipinski definition) is 1. The van der Waals surface area contributed by atoms with Crippen LogP contribution in [-0.2, 0) is 9.53 Å². The summed E-state index contributed by atoms with van der Waals surface area (Å²) in [5.41, 5.74) is 0. The molecule has 1 fully saturated rings. The van der Waals surface area contributed by atoms with Gasteiger partial charge in [-0.15, -0.1) is 0 Å². The van der Waals surface area contributed by atoms with Crippen LogP contribution >= 0.6 is 0 Å². The van der Waals surface area contributed by atoms with Crippen LogP contribution in [0.1, 0.15) is 13.8 Å². The number of carbonyl (C=O) groups is 1. The van der Waals surface area contributed by atoms with Gasteiger partial charge in [0.15, 0.2) is 0 Å². The van der Waals surface area contributed by atoms with E-state index >= 15 is 0 Å². The van der Waals surface area contributed by atoms with Gasteiger partial charge in [-0.05, 0) is 0 Å². The molecule has 17 heavy (non-hydrogen) atoms. The predicted molar refractivity (Wildman–Crippen MR) is 65.8 cm³/mol. The highest BCUT2D eigenvalue weighted by Gasteiger charge is 2.18. The smallest absolute Gasteiger partial charge is 0.225 e. The quantitative estimate of drug-likeness (QED) is 0.703. The van der Waals surface area contributed by atoms with Gasteiger partial charge in [0.25, 0.3) is 0 Å². The van der Waals surface area contributed by atoms with Gasteiger partial charge in [0.2, 0.25) is 5.91 Å². The number of amides is 1. The minimum atomic E-state index is -0.00811. The summed E-state index contributed by atoms with van der Waals surface area (Å²) < 4.78 is 5.28. The molecule has 1 amide bonds. The lowest BCUT2D eigenvalue weighted by atomic mass is 10.2. The average molecular weight is 244 g/mol. The Bertz CT molecular complexity index is 228. The summed E-state index contributed by atoms with van der Waals surface area (Å²) in [5, 5.41) is 8.98. The lowest BCUT2D eigenvalue weighted by Gasteiger charge is -2.30. The molecular weight excluding hydrogens is 220 g/mol. The first-order chi connectivity index (χ1) is 8.15. The summed E-state index contributed by atoms with van der Waals surface area (Å²) in [5.74, 6) is 0.110. The molecule has 100 valence electrons. The van der Waals surface area contributed by atoms with Crippen molar-refractivity contribution in [2.75, 3.05) is 52.5 Å². The third-order valence-corrected chi connectivity index (χ3v) is 2.97. The number of carbonyl (C=O) groups excluding carboxylic acids is 1. The summed E-state index contributed by atoms with van der Waals surface area (Å²) in [6.45, 7) is 9.22. The molecule has 0 aliphatic carbocycles. The van der Waals surface area contributed by atoms with Crippen LogP contribution < -0.4 is 0 Å². The molecule has 0 aromatic heterocycles. The van der Waals surface area contributed by atoms with Gasteiger partial charge < -0.3 is 14.7 Å². The normalized spacial score (nSPS) is 17.4. The molecular formula is C12H24N2O3. The Morgan fingerprint density at radius 1 is 1.35 bits per heavy atom. The molecule has 0 unspecified atom stereocenters. The first-order valence-electron chi connectivity index (χ1n) is 6.35. The zero-order chi connectivity index (χ0) is 12.7. The zero-order valence-corrected chi connectivity index (χ0v) is 10.9. The first kappa shape index (κ1) is 14.4. The fraction of sp³-hybridized carbons (Fsp3) is 0.917. The van der Waals surface area contributed by atoms with E-state index in [0.717, 1.165) is 32.8 Å². The number of hydrogen-bond acceptors (Lipinski definition) is 4. The third-order valence-electron chi connectivity index (χ3n) is 2.97. The monoisotopic (exact) mass is 244 g/mol. The molecule has 1 saturated heterocycles. The molecule has 0 aromatic carbocycles. The first-order valence-corrected chi connectivity index (χ1v) is 6.35. The van der Waals surface area contributed by atoms with E-state index in [4.69, 9.17) is 9.84 Å². The molecule has 0 bridgehead atoms. The molecule has 1 aliphatic heterocycles. The Balaban J connectivity index is 2.35. The molecule has 1 rings (SSSR count). The van der Waals surface area contributed by atoms with Crippen LogP contribution in [0.4, 0.5) is 0 Å². The van der Waals surface area contributed by atoms with Crippen LogP contribution in [0, 0.1) is 5.92 Å². The van der Waals surface area contributed by atoms with Gasteiger partial charge in [-0.2, -0.15) is 0 Å².